The quantitative estimate of drug-likeness (QED) is 0.493. The van der Waals surface area contributed by atoms with Crippen molar-refractivity contribution in [2.45, 2.75) is 18.9 Å². The topological polar surface area (TPSA) is 56.0 Å². The van der Waals surface area contributed by atoms with Crippen molar-refractivity contribution >= 4 is 0 Å². The minimum Gasteiger partial charge on any atom is -0.387 e. The van der Waals surface area contributed by atoms with E-state index in [1.807, 2.05) is 0 Å². The minimum atomic E-state index is -0.826. The highest BCUT2D eigenvalue weighted by atomic mass is 16.3. The van der Waals surface area contributed by atoms with E-state index in [2.05, 4.69) is 11.4 Å². The summed E-state index contributed by atoms with van der Waals surface area (Å²) in [4.78, 5) is 0. The Morgan fingerprint density at radius 2 is 2.50 bits per heavy atom. The van der Waals surface area contributed by atoms with E-state index < -0.39 is 5.60 Å². The highest BCUT2D eigenvalue weighted by Gasteiger charge is 2.34. The normalized spacial score (nSPS) is 40.7. The van der Waals surface area contributed by atoms with E-state index >= 15 is 0 Å². The van der Waals surface area contributed by atoms with Crippen LogP contribution in [0.5, 0.6) is 0 Å². The monoisotopic (exact) mass is 140 g/mol. The van der Waals surface area contributed by atoms with Crippen molar-refractivity contribution in [3.63, 3.8) is 0 Å². The van der Waals surface area contributed by atoms with Gasteiger partial charge in [-0.1, -0.05) is 0 Å². The molecular formula is C7H12N2O. The van der Waals surface area contributed by atoms with E-state index in [1.165, 1.54) is 0 Å². The van der Waals surface area contributed by atoms with Gasteiger partial charge < -0.3 is 10.4 Å². The molecule has 3 nitrogen and oxygen atoms in total. The van der Waals surface area contributed by atoms with E-state index in [1.54, 1.807) is 6.92 Å². The van der Waals surface area contributed by atoms with Gasteiger partial charge in [-0.2, -0.15) is 5.26 Å². The zero-order valence-corrected chi connectivity index (χ0v) is 6.09. The number of piperidine rings is 1. The van der Waals surface area contributed by atoms with Crippen LogP contribution in [0, 0.1) is 17.2 Å². The molecule has 1 saturated heterocycles. The average Bonchev–Trinajstić information content (AvgIpc) is 1.87. The summed E-state index contributed by atoms with van der Waals surface area (Å²) in [6.07, 6.45) is 0.753. The van der Waals surface area contributed by atoms with Gasteiger partial charge in [0.1, 0.15) is 0 Å². The molecule has 0 spiro atoms. The second-order valence-corrected chi connectivity index (χ2v) is 3.00. The predicted octanol–water partition coefficient (Wildman–Crippen LogP) is -0.130. The SMILES string of the molecule is CC1(O)CNCCC1C#N. The number of hydrogen-bond donors (Lipinski definition) is 2. The highest BCUT2D eigenvalue weighted by Crippen LogP contribution is 2.21. The fourth-order valence-electron chi connectivity index (χ4n) is 1.23. The van der Waals surface area contributed by atoms with E-state index in [0.717, 1.165) is 13.0 Å². The summed E-state index contributed by atoms with van der Waals surface area (Å²) < 4.78 is 0. The molecule has 2 unspecified atom stereocenters. The van der Waals surface area contributed by atoms with Gasteiger partial charge in [-0.25, -0.2) is 0 Å². The van der Waals surface area contributed by atoms with Crippen molar-refractivity contribution in [2.75, 3.05) is 13.1 Å². The summed E-state index contributed by atoms with van der Waals surface area (Å²) in [5.41, 5.74) is -0.826. The van der Waals surface area contributed by atoms with Crippen molar-refractivity contribution < 1.29 is 5.11 Å². The zero-order chi connectivity index (χ0) is 7.61. The minimum absolute atomic E-state index is 0.200. The molecule has 1 aliphatic rings. The van der Waals surface area contributed by atoms with Gasteiger partial charge in [0.15, 0.2) is 0 Å². The first-order valence-corrected chi connectivity index (χ1v) is 3.49. The van der Waals surface area contributed by atoms with Crippen LogP contribution in [0.1, 0.15) is 13.3 Å². The fraction of sp³-hybridized carbons (Fsp3) is 0.857. The summed E-state index contributed by atoms with van der Waals surface area (Å²) in [6, 6.07) is 2.10. The summed E-state index contributed by atoms with van der Waals surface area (Å²) in [6.45, 7) is 3.08. The van der Waals surface area contributed by atoms with Gasteiger partial charge in [0, 0.05) is 6.54 Å². The molecule has 1 fully saturated rings. The van der Waals surface area contributed by atoms with Gasteiger partial charge in [-0.05, 0) is 19.9 Å². The van der Waals surface area contributed by atoms with E-state index in [9.17, 15) is 5.11 Å². The molecule has 0 aromatic rings. The molecule has 0 aromatic heterocycles. The lowest BCUT2D eigenvalue weighted by molar-refractivity contribution is 0.00333. The number of nitriles is 1. The fourth-order valence-corrected chi connectivity index (χ4v) is 1.23. The number of rotatable bonds is 0. The Balaban J connectivity index is 2.62. The third kappa shape index (κ3) is 1.28. The van der Waals surface area contributed by atoms with Crippen LogP contribution >= 0.6 is 0 Å². The molecule has 0 aliphatic carbocycles. The Morgan fingerprint density at radius 1 is 1.80 bits per heavy atom. The standard InChI is InChI=1S/C7H12N2O/c1-7(10)5-9-3-2-6(7)4-8/h6,9-10H,2-3,5H2,1H3. The van der Waals surface area contributed by atoms with Gasteiger partial charge in [0.2, 0.25) is 0 Å². The zero-order valence-electron chi connectivity index (χ0n) is 6.09. The van der Waals surface area contributed by atoms with Crippen molar-refractivity contribution in [3.05, 3.63) is 0 Å². The third-order valence-electron chi connectivity index (χ3n) is 2.00. The van der Waals surface area contributed by atoms with Crippen LogP contribution in [0.25, 0.3) is 0 Å². The van der Waals surface area contributed by atoms with Crippen LogP contribution in [0.2, 0.25) is 0 Å². The maximum atomic E-state index is 9.55. The molecule has 0 aromatic carbocycles. The first-order chi connectivity index (χ1) is 4.67. The molecular weight excluding hydrogens is 128 g/mol. The first kappa shape index (κ1) is 7.52. The van der Waals surface area contributed by atoms with E-state index in [-0.39, 0.29) is 5.92 Å². The molecule has 2 N–H and O–H groups in total. The maximum Gasteiger partial charge on any atom is 0.0901 e. The number of aliphatic hydroxyl groups is 1. The Hall–Kier alpha value is -0.590. The second-order valence-electron chi connectivity index (χ2n) is 3.00. The predicted molar refractivity (Wildman–Crippen MR) is 37.2 cm³/mol. The van der Waals surface area contributed by atoms with Crippen molar-refractivity contribution in [1.29, 1.82) is 5.26 Å². The second kappa shape index (κ2) is 2.57. The van der Waals surface area contributed by atoms with Gasteiger partial charge in [0.05, 0.1) is 17.6 Å². The first-order valence-electron chi connectivity index (χ1n) is 3.49. The van der Waals surface area contributed by atoms with Crippen LogP contribution in [0.4, 0.5) is 0 Å². The number of nitrogens with zero attached hydrogens (tertiary/aromatic N) is 1. The Morgan fingerprint density at radius 3 is 2.90 bits per heavy atom. The summed E-state index contributed by atoms with van der Waals surface area (Å²) >= 11 is 0. The molecule has 10 heavy (non-hydrogen) atoms. The Labute approximate surface area is 60.7 Å². The van der Waals surface area contributed by atoms with Gasteiger partial charge in [-0.3, -0.25) is 0 Å². The molecule has 0 saturated carbocycles. The van der Waals surface area contributed by atoms with Gasteiger partial charge in [-0.15, -0.1) is 0 Å². The van der Waals surface area contributed by atoms with Gasteiger partial charge >= 0.3 is 0 Å². The van der Waals surface area contributed by atoms with Crippen LogP contribution in [0.3, 0.4) is 0 Å². The molecule has 56 valence electrons. The molecule has 0 radical (unpaired) electrons. The lowest BCUT2D eigenvalue weighted by Gasteiger charge is -2.33. The molecule has 1 heterocycles. The summed E-state index contributed by atoms with van der Waals surface area (Å²) in [5.74, 6) is -0.200. The lowest BCUT2D eigenvalue weighted by Crippen LogP contribution is -2.49. The number of nitrogens with one attached hydrogen (secondary N) is 1. The Bertz CT molecular complexity index is 159. The number of hydrogen-bond acceptors (Lipinski definition) is 3. The van der Waals surface area contributed by atoms with Crippen LogP contribution < -0.4 is 5.32 Å². The van der Waals surface area contributed by atoms with Gasteiger partial charge in [0.25, 0.3) is 0 Å². The number of β-amino-alcohol motifs (C(OH)–C–C–N with tert-alkyl or cyclic N) is 1. The van der Waals surface area contributed by atoms with E-state index in [0.29, 0.717) is 6.54 Å². The maximum absolute atomic E-state index is 9.55. The molecule has 1 rings (SSSR count). The van der Waals surface area contributed by atoms with Crippen molar-refractivity contribution in [1.82, 2.24) is 5.32 Å². The van der Waals surface area contributed by atoms with Crippen LogP contribution in [-0.4, -0.2) is 23.8 Å². The summed E-state index contributed by atoms with van der Waals surface area (Å²) in [7, 11) is 0. The van der Waals surface area contributed by atoms with Crippen molar-refractivity contribution in [2.24, 2.45) is 5.92 Å². The highest BCUT2D eigenvalue weighted by molar-refractivity contribution is 5.00. The molecule has 0 bridgehead atoms. The molecule has 1 aliphatic heterocycles. The van der Waals surface area contributed by atoms with Crippen LogP contribution in [0.15, 0.2) is 0 Å². The average molecular weight is 140 g/mol. The third-order valence-corrected chi connectivity index (χ3v) is 2.00. The largest absolute Gasteiger partial charge is 0.387 e. The van der Waals surface area contributed by atoms with Crippen molar-refractivity contribution in [3.8, 4) is 6.07 Å². The Kier molecular flexibility index (Phi) is 1.93. The summed E-state index contributed by atoms with van der Waals surface area (Å²) in [5, 5.41) is 21.2. The lowest BCUT2D eigenvalue weighted by atomic mass is 9.85. The molecule has 2 atom stereocenters. The molecule has 0 amide bonds. The van der Waals surface area contributed by atoms with Crippen LogP contribution in [-0.2, 0) is 0 Å². The smallest absolute Gasteiger partial charge is 0.0901 e. The molecule has 3 heteroatoms. The van der Waals surface area contributed by atoms with E-state index in [4.69, 9.17) is 5.26 Å².